The monoisotopic (exact) mass is 359 g/mol. The van der Waals surface area contributed by atoms with Crippen LogP contribution in [0.2, 0.25) is 0 Å². The van der Waals surface area contributed by atoms with Crippen LogP contribution in [0.4, 0.5) is 0 Å². The van der Waals surface area contributed by atoms with Crippen molar-refractivity contribution >= 4 is 20.9 Å². The molecule has 0 spiro atoms. The molecule has 2 unspecified atom stereocenters. The molecule has 0 saturated carbocycles. The molecule has 2 atom stereocenters. The van der Waals surface area contributed by atoms with Gasteiger partial charge in [-0.05, 0) is 44.4 Å². The van der Waals surface area contributed by atoms with Crippen LogP contribution in [0.3, 0.4) is 0 Å². The van der Waals surface area contributed by atoms with E-state index in [1.165, 1.54) is 9.12 Å². The van der Waals surface area contributed by atoms with Crippen LogP contribution >= 0.6 is 9.12 Å². The summed E-state index contributed by atoms with van der Waals surface area (Å²) in [7, 11) is 1.17. The van der Waals surface area contributed by atoms with E-state index >= 15 is 0 Å². The van der Waals surface area contributed by atoms with Crippen molar-refractivity contribution in [3.8, 4) is 0 Å². The molecule has 0 amide bonds. The minimum Gasteiger partial charge on any atom is -0.462 e. The Morgan fingerprint density at radius 3 is 1.88 bits per heavy atom. The van der Waals surface area contributed by atoms with Gasteiger partial charge >= 0.3 is 15.1 Å². The lowest BCUT2D eigenvalue weighted by Crippen LogP contribution is -2.27. The number of aryl methyl sites for hydroxylation is 2. The van der Waals surface area contributed by atoms with Crippen molar-refractivity contribution in [1.82, 2.24) is 0 Å². The standard InChI is InChI=1S/C20H22O3.H2OP/c1-13(2)23-20(22)18(16-11-6-5-7-12-16)19(21)17-14(3)9-8-10-15(17)4;1-2/h5-13,18H,1-4H3;2H2/q;+1. The van der Waals surface area contributed by atoms with Gasteiger partial charge in [-0.25, -0.2) is 0 Å². The van der Waals surface area contributed by atoms with Crippen LogP contribution in [0.1, 0.15) is 46.8 Å². The molecule has 0 aliphatic heterocycles. The van der Waals surface area contributed by atoms with Crippen LogP contribution in [0.15, 0.2) is 48.5 Å². The lowest BCUT2D eigenvalue weighted by atomic mass is 9.87. The van der Waals surface area contributed by atoms with E-state index in [0.29, 0.717) is 11.1 Å². The van der Waals surface area contributed by atoms with Crippen molar-refractivity contribution in [3.05, 3.63) is 70.8 Å². The smallest absolute Gasteiger partial charge is 0.321 e. The van der Waals surface area contributed by atoms with Gasteiger partial charge in [0.1, 0.15) is 5.92 Å². The molecule has 0 radical (unpaired) electrons. The van der Waals surface area contributed by atoms with E-state index in [1.807, 2.05) is 50.2 Å². The van der Waals surface area contributed by atoms with Crippen molar-refractivity contribution in [2.75, 3.05) is 0 Å². The normalized spacial score (nSPS) is 11.2. The van der Waals surface area contributed by atoms with Gasteiger partial charge in [-0.1, -0.05) is 53.1 Å². The van der Waals surface area contributed by atoms with Gasteiger partial charge in [-0.3, -0.25) is 9.59 Å². The van der Waals surface area contributed by atoms with Crippen molar-refractivity contribution in [2.24, 2.45) is 0 Å². The van der Waals surface area contributed by atoms with Crippen molar-refractivity contribution in [1.29, 1.82) is 0 Å². The highest BCUT2D eigenvalue weighted by molar-refractivity contribution is 7.00. The van der Waals surface area contributed by atoms with Crippen molar-refractivity contribution < 1.29 is 18.9 Å². The van der Waals surface area contributed by atoms with Crippen LogP contribution in [0, 0.1) is 13.8 Å². The molecule has 4 nitrogen and oxygen atoms in total. The van der Waals surface area contributed by atoms with E-state index in [2.05, 4.69) is 0 Å². The summed E-state index contributed by atoms with van der Waals surface area (Å²) in [5.41, 5.74) is 2.99. The minimum absolute atomic E-state index is 0.211. The molecule has 0 aliphatic carbocycles. The summed E-state index contributed by atoms with van der Waals surface area (Å²) in [5.74, 6) is -1.64. The van der Waals surface area contributed by atoms with E-state index in [4.69, 9.17) is 9.30 Å². The summed E-state index contributed by atoms with van der Waals surface area (Å²) < 4.78 is 13.5. The van der Waals surface area contributed by atoms with Gasteiger partial charge < -0.3 is 4.74 Å². The molecule has 5 heteroatoms. The third-order valence-electron chi connectivity index (χ3n) is 3.71. The first kappa shape index (κ1) is 20.7. The molecule has 0 aromatic heterocycles. The summed E-state index contributed by atoms with van der Waals surface area (Å²) in [6.07, 6.45) is -0.264. The Morgan fingerprint density at radius 2 is 1.40 bits per heavy atom. The summed E-state index contributed by atoms with van der Waals surface area (Å²) in [4.78, 5) is 25.7. The van der Waals surface area contributed by atoms with E-state index in [9.17, 15) is 9.59 Å². The quantitative estimate of drug-likeness (QED) is 0.343. The molecule has 0 saturated heterocycles. The largest absolute Gasteiger partial charge is 0.462 e. The number of ether oxygens (including phenoxy) is 1. The first-order chi connectivity index (χ1) is 11.9. The molecule has 2 aromatic rings. The zero-order chi connectivity index (χ0) is 19.0. The Hall–Kier alpha value is -2.32. The number of Topliss-reactive ketones (excluding diaryl/α,β-unsaturated/α-hetero) is 1. The Labute approximate surface area is 150 Å². The number of carbonyl (C=O) groups excluding carboxylic acids is 2. The predicted octanol–water partition coefficient (Wildman–Crippen LogP) is 4.43. The molecular weight excluding hydrogens is 335 g/mol. The molecule has 0 aliphatic rings. The number of rotatable bonds is 5. The third-order valence-corrected chi connectivity index (χ3v) is 3.71. The van der Waals surface area contributed by atoms with Gasteiger partial charge in [0.05, 0.1) is 6.10 Å². The van der Waals surface area contributed by atoms with Gasteiger partial charge in [0.2, 0.25) is 0 Å². The van der Waals surface area contributed by atoms with Gasteiger partial charge in [-0.15, -0.1) is 0 Å². The third kappa shape index (κ3) is 5.33. The molecule has 132 valence electrons. The second-order valence-electron chi connectivity index (χ2n) is 5.96. The molecule has 0 bridgehead atoms. The Morgan fingerprint density at radius 1 is 0.880 bits per heavy atom. The number of ketones is 1. The van der Waals surface area contributed by atoms with Crippen LogP contribution in [-0.4, -0.2) is 17.9 Å². The molecular formula is C20H24O4P+. The molecule has 0 N–H and O–H groups in total. The number of esters is 1. The lowest BCUT2D eigenvalue weighted by Gasteiger charge is -2.19. The fraction of sp³-hybridized carbons (Fsp3) is 0.300. The van der Waals surface area contributed by atoms with Gasteiger partial charge in [-0.2, -0.15) is 0 Å². The van der Waals surface area contributed by atoms with Crippen LogP contribution < -0.4 is 0 Å². The summed E-state index contributed by atoms with van der Waals surface area (Å²) in [6, 6.07) is 14.8. The first-order valence-corrected chi connectivity index (χ1v) is 8.48. The zero-order valence-corrected chi connectivity index (χ0v) is 16.1. The maximum atomic E-state index is 13.1. The van der Waals surface area contributed by atoms with Gasteiger partial charge in [0.25, 0.3) is 0 Å². The van der Waals surface area contributed by atoms with Crippen LogP contribution in [0.5, 0.6) is 0 Å². The molecule has 2 rings (SSSR count). The van der Waals surface area contributed by atoms with Crippen LogP contribution in [-0.2, 0) is 14.1 Å². The van der Waals surface area contributed by atoms with Gasteiger partial charge in [0, 0.05) is 5.56 Å². The topological polar surface area (TPSA) is 60.4 Å². The van der Waals surface area contributed by atoms with E-state index < -0.39 is 11.9 Å². The summed E-state index contributed by atoms with van der Waals surface area (Å²) in [6.45, 7) is 7.33. The number of hydrogen-bond donors (Lipinski definition) is 0. The second-order valence-corrected chi connectivity index (χ2v) is 5.96. The maximum Gasteiger partial charge on any atom is 0.321 e. The zero-order valence-electron chi connectivity index (χ0n) is 15.0. The Balaban J connectivity index is 0.00000151. The SMILES string of the molecule is Cc1cccc(C)c1C(=O)C(C(=O)OC(C)C)c1ccccc1.O=[PH2+]. The van der Waals surface area contributed by atoms with E-state index in [0.717, 1.165) is 11.1 Å². The first-order valence-electron chi connectivity index (χ1n) is 8.01. The minimum atomic E-state index is -0.932. The van der Waals surface area contributed by atoms with Gasteiger partial charge in [0.15, 0.2) is 5.78 Å². The molecule has 0 heterocycles. The highest BCUT2D eigenvalue weighted by atomic mass is 31.0. The fourth-order valence-electron chi connectivity index (χ4n) is 2.69. The molecule has 2 aromatic carbocycles. The Kier molecular flexibility index (Phi) is 8.17. The summed E-state index contributed by atoms with van der Waals surface area (Å²) in [5, 5.41) is 0. The average Bonchev–Trinajstić information content (AvgIpc) is 2.57. The Bertz CT molecular complexity index is 705. The molecule has 25 heavy (non-hydrogen) atoms. The van der Waals surface area contributed by atoms with E-state index in [-0.39, 0.29) is 11.9 Å². The molecule has 0 fully saturated rings. The number of benzene rings is 2. The lowest BCUT2D eigenvalue weighted by molar-refractivity contribution is -0.147. The van der Waals surface area contributed by atoms with Crippen LogP contribution in [0.25, 0.3) is 0 Å². The van der Waals surface area contributed by atoms with Crippen molar-refractivity contribution in [2.45, 2.75) is 39.7 Å². The summed E-state index contributed by atoms with van der Waals surface area (Å²) >= 11 is 0. The second kappa shape index (κ2) is 9.85. The maximum absolute atomic E-state index is 13.1. The predicted molar refractivity (Wildman–Crippen MR) is 101 cm³/mol. The van der Waals surface area contributed by atoms with Crippen molar-refractivity contribution in [3.63, 3.8) is 0 Å². The fourth-order valence-corrected chi connectivity index (χ4v) is 2.69. The highest BCUT2D eigenvalue weighted by Crippen LogP contribution is 2.26. The number of hydrogen-bond acceptors (Lipinski definition) is 4. The average molecular weight is 359 g/mol. The highest BCUT2D eigenvalue weighted by Gasteiger charge is 2.32. The number of carbonyl (C=O) groups is 2. The van der Waals surface area contributed by atoms with E-state index in [1.54, 1.807) is 26.0 Å².